The fourth-order valence-electron chi connectivity index (χ4n) is 1.93. The molecule has 2 rings (SSSR count). The molecule has 1 atom stereocenters. The number of aromatic nitrogens is 1. The summed E-state index contributed by atoms with van der Waals surface area (Å²) in [5, 5.41) is 9.13. The number of ether oxygens (including phenoxy) is 1. The number of carbonyl (C=O) groups is 2. The van der Waals surface area contributed by atoms with E-state index in [1.54, 1.807) is 0 Å². The minimum Gasteiger partial charge on any atom is -0.480 e. The third kappa shape index (κ3) is 3.06. The van der Waals surface area contributed by atoms with Crippen molar-refractivity contribution in [3.63, 3.8) is 0 Å². The normalized spacial score (nSPS) is 14.9. The molecule has 0 saturated carbocycles. The van der Waals surface area contributed by atoms with Gasteiger partial charge in [0.15, 0.2) is 0 Å². The van der Waals surface area contributed by atoms with E-state index in [1.807, 2.05) is 0 Å². The molecule has 0 fully saturated rings. The summed E-state index contributed by atoms with van der Waals surface area (Å²) in [6.07, 6.45) is -5.76. The van der Waals surface area contributed by atoms with E-state index < -0.39 is 43.6 Å². The molecular weight excluding hydrogens is 387 g/mol. The van der Waals surface area contributed by atoms with Crippen LogP contribution in [0.25, 0.3) is 10.2 Å². The number of sulfone groups is 1. The highest BCUT2D eigenvalue weighted by Crippen LogP contribution is 2.43. The van der Waals surface area contributed by atoms with Crippen molar-refractivity contribution in [3.05, 3.63) is 24.3 Å². The first-order valence-corrected chi connectivity index (χ1v) is 8.77. The number of esters is 1. The lowest BCUT2D eigenvalue weighted by Crippen LogP contribution is -2.61. The highest BCUT2D eigenvalue weighted by Gasteiger charge is 2.72. The van der Waals surface area contributed by atoms with Crippen molar-refractivity contribution in [3.8, 4) is 0 Å². The van der Waals surface area contributed by atoms with E-state index in [4.69, 9.17) is 5.11 Å². The van der Waals surface area contributed by atoms with Crippen LogP contribution in [-0.4, -0.2) is 48.0 Å². The zero-order valence-corrected chi connectivity index (χ0v) is 14.0. The van der Waals surface area contributed by atoms with Gasteiger partial charge < -0.3 is 9.84 Å². The predicted molar refractivity (Wildman–Crippen MR) is 79.9 cm³/mol. The van der Waals surface area contributed by atoms with Gasteiger partial charge in [-0.05, 0) is 12.1 Å². The molecule has 1 aromatic heterocycles. The van der Waals surface area contributed by atoms with Gasteiger partial charge in [0.25, 0.3) is 0 Å². The molecule has 0 aliphatic rings. The first-order chi connectivity index (χ1) is 11.4. The molecule has 0 amide bonds. The fraction of sp³-hybridized carbons (Fsp3) is 0.308. The minimum absolute atomic E-state index is 0.0972. The molecule has 1 heterocycles. The largest absolute Gasteiger partial charge is 0.480 e. The Labute approximate surface area is 143 Å². The van der Waals surface area contributed by atoms with Crippen molar-refractivity contribution in [2.75, 3.05) is 6.61 Å². The van der Waals surface area contributed by atoms with Crippen LogP contribution in [0, 0.1) is 0 Å². The van der Waals surface area contributed by atoms with Crippen LogP contribution in [-0.2, 0) is 24.2 Å². The standard InChI is InChI=1S/C13H10F3NO6S2/c1-7(18)23-6-12(10(19)20,13(14,15)16)25(21,22)11-17-8-4-2-3-5-9(8)24-11/h2-5H,6H2,1H3,(H,19,20). The average molecular weight is 397 g/mol. The van der Waals surface area contributed by atoms with Crippen LogP contribution in [0.2, 0.25) is 0 Å². The molecule has 1 aromatic carbocycles. The molecule has 0 spiro atoms. The number of para-hydroxylation sites is 1. The van der Waals surface area contributed by atoms with Crippen molar-refractivity contribution >= 4 is 43.3 Å². The lowest BCUT2D eigenvalue weighted by Gasteiger charge is -2.29. The molecule has 136 valence electrons. The second-order valence-electron chi connectivity index (χ2n) is 4.86. The van der Waals surface area contributed by atoms with Crippen molar-refractivity contribution in [2.45, 2.75) is 22.2 Å². The zero-order chi connectivity index (χ0) is 19.0. The van der Waals surface area contributed by atoms with Gasteiger partial charge >= 0.3 is 22.9 Å². The third-order valence-electron chi connectivity index (χ3n) is 3.24. The Balaban J connectivity index is 2.73. The monoisotopic (exact) mass is 397 g/mol. The van der Waals surface area contributed by atoms with Crippen molar-refractivity contribution in [1.29, 1.82) is 0 Å². The number of benzene rings is 1. The predicted octanol–water partition coefficient (Wildman–Crippen LogP) is 2.02. The van der Waals surface area contributed by atoms with Crippen LogP contribution < -0.4 is 0 Å². The summed E-state index contributed by atoms with van der Waals surface area (Å²) in [5.41, 5.74) is 0.0972. The Morgan fingerprint density at radius 3 is 2.36 bits per heavy atom. The summed E-state index contributed by atoms with van der Waals surface area (Å²) in [6, 6.07) is 5.80. The number of aliphatic carboxylic acids is 1. The maximum atomic E-state index is 13.5. The number of thiazole rings is 1. The fourth-order valence-corrected chi connectivity index (χ4v) is 5.03. The summed E-state index contributed by atoms with van der Waals surface area (Å²) >= 11 is 0.396. The van der Waals surface area contributed by atoms with Crippen LogP contribution in [0.5, 0.6) is 0 Å². The quantitative estimate of drug-likeness (QED) is 0.769. The molecule has 0 aliphatic heterocycles. The number of fused-ring (bicyclic) bond motifs is 1. The lowest BCUT2D eigenvalue weighted by atomic mass is 10.1. The van der Waals surface area contributed by atoms with Gasteiger partial charge in [-0.2, -0.15) is 13.2 Å². The SMILES string of the molecule is CC(=O)OCC(C(=O)O)(C(F)(F)F)S(=O)(=O)c1nc2ccccc2s1. The van der Waals surface area contributed by atoms with Crippen molar-refractivity contribution in [2.24, 2.45) is 0 Å². The van der Waals surface area contributed by atoms with Crippen LogP contribution in [0.3, 0.4) is 0 Å². The number of rotatable bonds is 5. The van der Waals surface area contributed by atoms with E-state index >= 15 is 0 Å². The first-order valence-electron chi connectivity index (χ1n) is 6.47. The Bertz CT molecular complexity index is 904. The minimum atomic E-state index is -5.76. The van der Waals surface area contributed by atoms with Crippen LogP contribution in [0.4, 0.5) is 13.2 Å². The van der Waals surface area contributed by atoms with Crippen molar-refractivity contribution < 1.29 is 41.0 Å². The number of carboxylic acids is 1. The van der Waals surface area contributed by atoms with Crippen molar-refractivity contribution in [1.82, 2.24) is 4.98 Å². The van der Waals surface area contributed by atoms with E-state index in [-0.39, 0.29) is 10.2 Å². The van der Waals surface area contributed by atoms with E-state index in [9.17, 15) is 31.2 Å². The summed E-state index contributed by atoms with van der Waals surface area (Å²) in [7, 11) is -5.57. The highest BCUT2D eigenvalue weighted by atomic mass is 32.2. The molecule has 1 N–H and O–H groups in total. The molecule has 0 aliphatic carbocycles. The number of alkyl halides is 3. The molecule has 0 saturated heterocycles. The van der Waals surface area contributed by atoms with E-state index in [2.05, 4.69) is 9.72 Å². The maximum Gasteiger partial charge on any atom is 0.422 e. The van der Waals surface area contributed by atoms with Crippen LogP contribution in [0.15, 0.2) is 28.6 Å². The van der Waals surface area contributed by atoms with Gasteiger partial charge in [-0.1, -0.05) is 12.1 Å². The summed E-state index contributed by atoms with van der Waals surface area (Å²) in [5.74, 6) is -3.96. The molecule has 12 heteroatoms. The Hall–Kier alpha value is -2.21. The first kappa shape index (κ1) is 19.1. The zero-order valence-electron chi connectivity index (χ0n) is 12.4. The number of carboxylic acid groups (broad SMARTS) is 1. The number of hydrogen-bond donors (Lipinski definition) is 1. The number of carbonyl (C=O) groups excluding carboxylic acids is 1. The smallest absolute Gasteiger partial charge is 0.422 e. The molecule has 7 nitrogen and oxygen atoms in total. The molecule has 2 aromatic rings. The molecule has 25 heavy (non-hydrogen) atoms. The summed E-state index contributed by atoms with van der Waals surface area (Å²) in [4.78, 5) is 25.9. The second kappa shape index (κ2) is 6.26. The average Bonchev–Trinajstić information content (AvgIpc) is 2.90. The van der Waals surface area contributed by atoms with E-state index in [0.29, 0.717) is 11.3 Å². The maximum absolute atomic E-state index is 13.5. The van der Waals surface area contributed by atoms with Gasteiger partial charge in [0.05, 0.1) is 10.2 Å². The van der Waals surface area contributed by atoms with Gasteiger partial charge in [-0.25, -0.2) is 18.2 Å². The topological polar surface area (TPSA) is 111 Å². The second-order valence-corrected chi connectivity index (χ2v) is 8.24. The summed E-state index contributed by atoms with van der Waals surface area (Å²) in [6.45, 7) is -1.19. The Morgan fingerprint density at radius 2 is 1.88 bits per heavy atom. The van der Waals surface area contributed by atoms with Crippen LogP contribution in [0.1, 0.15) is 6.92 Å². The third-order valence-corrected chi connectivity index (χ3v) is 6.98. The van der Waals surface area contributed by atoms with Gasteiger partial charge in [0.2, 0.25) is 14.2 Å². The lowest BCUT2D eigenvalue weighted by molar-refractivity contribution is -0.193. The Morgan fingerprint density at radius 1 is 1.28 bits per heavy atom. The molecule has 1 unspecified atom stereocenters. The summed E-state index contributed by atoms with van der Waals surface area (Å²) < 4.78 is 64.8. The number of hydrogen-bond acceptors (Lipinski definition) is 7. The van der Waals surface area contributed by atoms with Gasteiger partial charge in [0.1, 0.15) is 6.61 Å². The van der Waals surface area contributed by atoms with Gasteiger partial charge in [-0.15, -0.1) is 11.3 Å². The Kier molecular flexibility index (Phi) is 4.79. The van der Waals surface area contributed by atoms with Gasteiger partial charge in [0, 0.05) is 6.92 Å². The number of halogens is 3. The molecule has 0 radical (unpaired) electrons. The number of nitrogens with zero attached hydrogens (tertiary/aromatic N) is 1. The van der Waals surface area contributed by atoms with E-state index in [0.717, 1.165) is 6.92 Å². The molecule has 0 bridgehead atoms. The van der Waals surface area contributed by atoms with Crippen LogP contribution >= 0.6 is 11.3 Å². The molecular formula is C13H10F3NO6S2. The van der Waals surface area contributed by atoms with E-state index in [1.165, 1.54) is 24.3 Å². The highest BCUT2D eigenvalue weighted by molar-refractivity contribution is 7.95. The van der Waals surface area contributed by atoms with Gasteiger partial charge in [-0.3, -0.25) is 4.79 Å².